The first-order valence-corrected chi connectivity index (χ1v) is 9.21. The van der Waals surface area contributed by atoms with E-state index in [-0.39, 0.29) is 17.3 Å². The molecule has 1 saturated carbocycles. The molecule has 0 bridgehead atoms. The molecule has 7 heteroatoms. The van der Waals surface area contributed by atoms with Gasteiger partial charge >= 0.3 is 0 Å². The van der Waals surface area contributed by atoms with E-state index >= 15 is 0 Å². The molecule has 1 fully saturated rings. The van der Waals surface area contributed by atoms with E-state index in [4.69, 9.17) is 0 Å². The van der Waals surface area contributed by atoms with Crippen molar-refractivity contribution in [2.45, 2.75) is 50.6 Å². The van der Waals surface area contributed by atoms with Crippen LogP contribution in [-0.2, 0) is 18.4 Å². The lowest BCUT2D eigenvalue weighted by atomic mass is 9.96. The molecule has 1 unspecified atom stereocenters. The summed E-state index contributed by atoms with van der Waals surface area (Å²) in [5.74, 6) is 2.51. The summed E-state index contributed by atoms with van der Waals surface area (Å²) in [6, 6.07) is 7.23. The zero-order valence-electron chi connectivity index (χ0n) is 15.3. The number of halogens is 1. The fourth-order valence-electron chi connectivity index (χ4n) is 3.73. The fourth-order valence-corrected chi connectivity index (χ4v) is 3.73. The second kappa shape index (κ2) is 6.70. The Hall–Kier alpha value is -2.44. The summed E-state index contributed by atoms with van der Waals surface area (Å²) in [6.07, 6.45) is 4.08. The van der Waals surface area contributed by atoms with Crippen LogP contribution in [-0.4, -0.2) is 40.4 Å². The summed E-state index contributed by atoms with van der Waals surface area (Å²) in [7, 11) is 1.78. The van der Waals surface area contributed by atoms with Crippen LogP contribution in [0.15, 0.2) is 29.3 Å². The van der Waals surface area contributed by atoms with Gasteiger partial charge in [0.15, 0.2) is 5.96 Å². The van der Waals surface area contributed by atoms with Gasteiger partial charge in [-0.1, -0.05) is 12.1 Å². The van der Waals surface area contributed by atoms with Crippen molar-refractivity contribution in [3.05, 3.63) is 47.3 Å². The number of guanidine groups is 1. The van der Waals surface area contributed by atoms with Gasteiger partial charge in [-0.2, -0.15) is 5.10 Å². The first kappa shape index (κ1) is 17.0. The summed E-state index contributed by atoms with van der Waals surface area (Å²) in [5.41, 5.74) is 1.10. The predicted octanol–water partition coefficient (Wildman–Crippen LogP) is 1.94. The minimum atomic E-state index is -0.169. The molecule has 138 valence electrons. The van der Waals surface area contributed by atoms with Crippen molar-refractivity contribution >= 4 is 5.96 Å². The van der Waals surface area contributed by atoms with Crippen molar-refractivity contribution in [1.82, 2.24) is 25.4 Å². The maximum atomic E-state index is 13.6. The molecule has 1 aliphatic heterocycles. The van der Waals surface area contributed by atoms with Gasteiger partial charge < -0.3 is 10.6 Å². The molecule has 26 heavy (non-hydrogen) atoms. The maximum absolute atomic E-state index is 13.6. The minimum absolute atomic E-state index is 0.0302. The monoisotopic (exact) mass is 356 g/mol. The Morgan fingerprint density at radius 1 is 1.42 bits per heavy atom. The Labute approximate surface area is 152 Å². The van der Waals surface area contributed by atoms with Crippen LogP contribution in [0.5, 0.6) is 0 Å². The van der Waals surface area contributed by atoms with Gasteiger partial charge in [0.2, 0.25) is 0 Å². The van der Waals surface area contributed by atoms with E-state index in [2.05, 4.69) is 25.7 Å². The van der Waals surface area contributed by atoms with E-state index in [0.29, 0.717) is 0 Å². The maximum Gasteiger partial charge on any atom is 0.191 e. The minimum Gasteiger partial charge on any atom is -0.356 e. The zero-order chi connectivity index (χ0) is 18.1. The van der Waals surface area contributed by atoms with E-state index in [1.165, 1.54) is 6.07 Å². The van der Waals surface area contributed by atoms with Crippen LogP contribution < -0.4 is 10.6 Å². The van der Waals surface area contributed by atoms with E-state index in [1.54, 1.807) is 19.2 Å². The van der Waals surface area contributed by atoms with Crippen molar-refractivity contribution in [3.63, 3.8) is 0 Å². The normalized spacial score (nSPS) is 21.2. The van der Waals surface area contributed by atoms with Crippen LogP contribution in [0.25, 0.3) is 0 Å². The molecular weight excluding hydrogens is 331 g/mol. The lowest BCUT2D eigenvalue weighted by Gasteiger charge is -2.26. The highest BCUT2D eigenvalue weighted by molar-refractivity contribution is 5.80. The number of nitrogens with zero attached hydrogens (tertiary/aromatic N) is 4. The molecule has 4 rings (SSSR count). The van der Waals surface area contributed by atoms with Crippen LogP contribution in [0.1, 0.15) is 36.5 Å². The molecule has 0 spiro atoms. The molecule has 2 aromatic rings. The van der Waals surface area contributed by atoms with E-state index in [1.807, 2.05) is 17.7 Å². The first-order valence-electron chi connectivity index (χ1n) is 9.21. The zero-order valence-corrected chi connectivity index (χ0v) is 15.3. The number of hydrogen-bond acceptors (Lipinski definition) is 3. The Bertz CT molecular complexity index is 823. The Morgan fingerprint density at radius 2 is 2.27 bits per heavy atom. The topological polar surface area (TPSA) is 67.1 Å². The number of fused-ring (bicyclic) bond motifs is 1. The van der Waals surface area contributed by atoms with Crippen LogP contribution in [0.2, 0.25) is 0 Å². The van der Waals surface area contributed by atoms with Gasteiger partial charge in [0.05, 0.1) is 6.54 Å². The molecule has 2 N–H and O–H groups in total. The molecule has 0 amide bonds. The smallest absolute Gasteiger partial charge is 0.191 e. The third-order valence-electron chi connectivity index (χ3n) is 5.41. The van der Waals surface area contributed by atoms with Crippen molar-refractivity contribution in [2.75, 3.05) is 13.6 Å². The third kappa shape index (κ3) is 3.43. The highest BCUT2D eigenvalue weighted by Crippen LogP contribution is 2.47. The SMILES string of the molecule is CN=C(NCC1(c2cccc(F)c2)CC1)NC1CCc2nc(C)nn2C1. The van der Waals surface area contributed by atoms with Crippen molar-refractivity contribution in [3.8, 4) is 0 Å². The van der Waals surface area contributed by atoms with Crippen molar-refractivity contribution in [1.29, 1.82) is 0 Å². The van der Waals surface area contributed by atoms with Gasteiger partial charge in [0, 0.05) is 31.5 Å². The molecule has 1 atom stereocenters. The van der Waals surface area contributed by atoms with E-state index < -0.39 is 0 Å². The summed E-state index contributed by atoms with van der Waals surface area (Å²) in [6.45, 7) is 3.48. The Balaban J connectivity index is 1.36. The van der Waals surface area contributed by atoms with Crippen LogP contribution in [0, 0.1) is 12.7 Å². The Kier molecular flexibility index (Phi) is 4.38. The standard InChI is InChI=1S/C19H25FN6/c1-13-23-17-7-6-16(11-26(17)25-13)24-18(21-2)22-12-19(8-9-19)14-4-3-5-15(20)10-14/h3-5,10,16H,6-9,11-12H2,1-2H3,(H2,21,22,24). The Morgan fingerprint density at radius 3 is 3.00 bits per heavy atom. The highest BCUT2D eigenvalue weighted by atomic mass is 19.1. The predicted molar refractivity (Wildman–Crippen MR) is 98.7 cm³/mol. The number of hydrogen-bond donors (Lipinski definition) is 2. The molecule has 1 aromatic heterocycles. The second-order valence-corrected chi connectivity index (χ2v) is 7.35. The summed E-state index contributed by atoms with van der Waals surface area (Å²) in [5, 5.41) is 11.4. The summed E-state index contributed by atoms with van der Waals surface area (Å²) >= 11 is 0. The average molecular weight is 356 g/mol. The van der Waals surface area contributed by atoms with Crippen LogP contribution in [0.3, 0.4) is 0 Å². The number of nitrogens with one attached hydrogen (secondary N) is 2. The molecule has 0 radical (unpaired) electrons. The molecule has 1 aliphatic carbocycles. The van der Waals surface area contributed by atoms with Crippen molar-refractivity contribution < 1.29 is 4.39 Å². The molecule has 0 saturated heterocycles. The van der Waals surface area contributed by atoms with E-state index in [9.17, 15) is 4.39 Å². The van der Waals surface area contributed by atoms with Gasteiger partial charge in [0.25, 0.3) is 0 Å². The number of aryl methyl sites for hydroxylation is 2. The molecule has 2 heterocycles. The summed E-state index contributed by atoms with van der Waals surface area (Å²) < 4.78 is 15.5. The highest BCUT2D eigenvalue weighted by Gasteiger charge is 2.44. The average Bonchev–Trinajstić information content (AvgIpc) is 3.33. The molecular formula is C19H25FN6. The van der Waals surface area contributed by atoms with Gasteiger partial charge in [-0.3, -0.25) is 4.99 Å². The van der Waals surface area contributed by atoms with Crippen LogP contribution >= 0.6 is 0 Å². The van der Waals surface area contributed by atoms with Crippen molar-refractivity contribution in [2.24, 2.45) is 4.99 Å². The van der Waals surface area contributed by atoms with Gasteiger partial charge in [0.1, 0.15) is 17.5 Å². The lowest BCUT2D eigenvalue weighted by molar-refractivity contribution is 0.392. The van der Waals surface area contributed by atoms with Gasteiger partial charge in [-0.05, 0) is 43.9 Å². The lowest BCUT2D eigenvalue weighted by Crippen LogP contribution is -2.48. The van der Waals surface area contributed by atoms with Gasteiger partial charge in [-0.25, -0.2) is 14.1 Å². The van der Waals surface area contributed by atoms with Gasteiger partial charge in [-0.15, -0.1) is 0 Å². The first-order chi connectivity index (χ1) is 12.6. The molecule has 6 nitrogen and oxygen atoms in total. The largest absolute Gasteiger partial charge is 0.356 e. The number of aliphatic imine (C=N–C) groups is 1. The molecule has 2 aliphatic rings. The fraction of sp³-hybridized carbons (Fsp3) is 0.526. The van der Waals surface area contributed by atoms with Crippen LogP contribution in [0.4, 0.5) is 4.39 Å². The number of aromatic nitrogens is 3. The number of benzene rings is 1. The second-order valence-electron chi connectivity index (χ2n) is 7.35. The third-order valence-corrected chi connectivity index (χ3v) is 5.41. The van der Waals surface area contributed by atoms with E-state index in [0.717, 1.165) is 61.9 Å². The number of rotatable bonds is 4. The summed E-state index contributed by atoms with van der Waals surface area (Å²) in [4.78, 5) is 8.81. The quantitative estimate of drug-likeness (QED) is 0.649. The molecule has 1 aromatic carbocycles.